The van der Waals surface area contributed by atoms with Crippen LogP contribution in [0, 0.1) is 22.2 Å². The van der Waals surface area contributed by atoms with Gasteiger partial charge in [-0.25, -0.2) is 13.8 Å². The van der Waals surface area contributed by atoms with Crippen LogP contribution in [-0.4, -0.2) is 108 Å². The number of nitrogens with one attached hydrogen (secondary N) is 2. The Morgan fingerprint density at radius 1 is 0.879 bits per heavy atom. The Balaban J connectivity index is 0.000000421. The summed E-state index contributed by atoms with van der Waals surface area (Å²) in [6.07, 6.45) is 5.73. The molecule has 1 saturated heterocycles. The second-order valence-electron chi connectivity index (χ2n) is 16.4. The summed E-state index contributed by atoms with van der Waals surface area (Å²) in [6.45, 7) is 19.4. The molecular formula is C43H61F2KN8O4. The van der Waals surface area contributed by atoms with Gasteiger partial charge >= 0.3 is 51.4 Å². The number of hydrazone groups is 1. The number of hydrogen-bond donors (Lipinski definition) is 1. The summed E-state index contributed by atoms with van der Waals surface area (Å²) >= 11 is 0. The zero-order chi connectivity index (χ0) is 41.8. The molecule has 3 aliphatic rings. The predicted molar refractivity (Wildman–Crippen MR) is 226 cm³/mol. The molecule has 15 heteroatoms. The van der Waals surface area contributed by atoms with E-state index in [4.69, 9.17) is 25.5 Å². The van der Waals surface area contributed by atoms with Crippen molar-refractivity contribution in [3.8, 4) is 5.75 Å². The van der Waals surface area contributed by atoms with Crippen molar-refractivity contribution < 1.29 is 79.2 Å². The Morgan fingerprint density at radius 2 is 1.43 bits per heavy atom. The zero-order valence-corrected chi connectivity index (χ0v) is 38.9. The Kier molecular flexibility index (Phi) is 19.5. The normalized spacial score (nSPS) is 16.7. The number of benzene rings is 2. The molecule has 2 aliphatic heterocycles. The van der Waals surface area contributed by atoms with Crippen molar-refractivity contribution in [1.82, 2.24) is 10.0 Å². The van der Waals surface area contributed by atoms with Crippen LogP contribution in [0.5, 0.6) is 5.75 Å². The molecule has 1 amide bonds. The molecule has 2 heterocycles. The third kappa shape index (κ3) is 14.5. The molecule has 1 unspecified atom stereocenters. The van der Waals surface area contributed by atoms with Crippen molar-refractivity contribution in [3.05, 3.63) is 89.8 Å². The average molecular weight is 831 g/mol. The summed E-state index contributed by atoms with van der Waals surface area (Å²) in [5.41, 5.74) is 3.76. The van der Waals surface area contributed by atoms with Crippen molar-refractivity contribution in [2.45, 2.75) is 54.1 Å². The van der Waals surface area contributed by atoms with Gasteiger partial charge in [0.15, 0.2) is 0 Å². The third-order valence-electron chi connectivity index (χ3n) is 10.3. The van der Waals surface area contributed by atoms with E-state index in [9.17, 15) is 13.6 Å². The van der Waals surface area contributed by atoms with Gasteiger partial charge in [0.2, 0.25) is 0 Å². The van der Waals surface area contributed by atoms with Gasteiger partial charge in [-0.05, 0) is 77.8 Å². The molecule has 0 aromatic heterocycles. The van der Waals surface area contributed by atoms with Crippen LogP contribution < -0.4 is 70.8 Å². The number of halogens is 2. The molecule has 12 nitrogen and oxygen atoms in total. The minimum Gasteiger partial charge on any atom is -0.583 e. The van der Waals surface area contributed by atoms with E-state index in [1.54, 1.807) is 18.5 Å². The number of rotatable bonds is 14. The number of carbonyl (C=O) groups is 1. The SMILES string of the molecule is COC(CN([NH-])C=N)C1=CCC=C(F)C=C1F.COCCOc1ccc(N2CCN(c3ccc(N4C=NN(CC(C(C)(C)C)C(C)(C)C)C(=O)C4)cc3)CC2)cc1.[K+]. The smallest absolute Gasteiger partial charge is 0.583 e. The van der Waals surface area contributed by atoms with Gasteiger partial charge in [0.25, 0.3) is 5.91 Å². The fourth-order valence-corrected chi connectivity index (χ4v) is 7.33. The van der Waals surface area contributed by atoms with Gasteiger partial charge in [-0.15, -0.1) is 0 Å². The molecule has 2 N–H and O–H groups in total. The molecule has 312 valence electrons. The molecule has 58 heavy (non-hydrogen) atoms. The predicted octanol–water partition coefficient (Wildman–Crippen LogP) is 5.26. The Labute approximate surface area is 386 Å². The summed E-state index contributed by atoms with van der Waals surface area (Å²) in [6, 6.07) is 16.8. The van der Waals surface area contributed by atoms with Crippen LogP contribution in [0.1, 0.15) is 48.0 Å². The van der Waals surface area contributed by atoms with Crippen molar-refractivity contribution in [2.75, 3.05) is 87.9 Å². The number of methoxy groups -OCH3 is 2. The van der Waals surface area contributed by atoms with Gasteiger partial charge in [-0.2, -0.15) is 5.10 Å². The molecule has 2 aromatic rings. The van der Waals surface area contributed by atoms with E-state index in [-0.39, 0.29) is 86.7 Å². The number of amides is 1. The first-order valence-electron chi connectivity index (χ1n) is 19.4. The van der Waals surface area contributed by atoms with E-state index in [1.165, 1.54) is 30.6 Å². The minimum absolute atomic E-state index is 0. The summed E-state index contributed by atoms with van der Waals surface area (Å²) in [4.78, 5) is 19.8. The average Bonchev–Trinajstić information content (AvgIpc) is 3.35. The molecule has 5 rings (SSSR count). The molecule has 0 spiro atoms. The van der Waals surface area contributed by atoms with Gasteiger partial charge in [0.1, 0.15) is 43.0 Å². The van der Waals surface area contributed by atoms with Crippen LogP contribution in [-0.2, 0) is 14.3 Å². The summed E-state index contributed by atoms with van der Waals surface area (Å²) in [5, 5.41) is 13.9. The van der Waals surface area contributed by atoms with Crippen molar-refractivity contribution >= 4 is 35.6 Å². The van der Waals surface area contributed by atoms with Crippen molar-refractivity contribution in [3.63, 3.8) is 0 Å². The molecule has 1 aliphatic carbocycles. The van der Waals surface area contributed by atoms with Gasteiger partial charge in [0.05, 0.1) is 12.9 Å². The number of hydrogen-bond acceptors (Lipinski definition) is 9. The summed E-state index contributed by atoms with van der Waals surface area (Å²) in [7, 11) is 3.06. The number of piperazine rings is 1. The third-order valence-corrected chi connectivity index (χ3v) is 10.3. The Bertz CT molecular complexity index is 1720. The fraction of sp³-hybridized carbons (Fsp3) is 0.512. The monoisotopic (exact) mass is 830 g/mol. The molecular weight excluding hydrogens is 770 g/mol. The van der Waals surface area contributed by atoms with Crippen LogP contribution in [0.3, 0.4) is 0 Å². The van der Waals surface area contributed by atoms with E-state index < -0.39 is 17.8 Å². The maximum atomic E-state index is 13.6. The molecule has 0 saturated carbocycles. The maximum absolute atomic E-state index is 13.6. The number of ether oxygens (including phenoxy) is 3. The van der Waals surface area contributed by atoms with Gasteiger partial charge in [-0.3, -0.25) is 10.2 Å². The van der Waals surface area contributed by atoms with E-state index in [0.717, 1.165) is 55.0 Å². The van der Waals surface area contributed by atoms with Gasteiger partial charge in [0, 0.05) is 82.2 Å². The standard InChI is InChI=1S/C32H47N5O3.C11H14F2N3O.K/c1-31(2,3)29(32(4,5)6)22-37-30(38)23-36(24-33-37)27-10-8-25(9-11-27)34-16-18-35(19-17-34)26-12-14-28(15-13-26)40-21-20-39-7;1-17-11(6-16(15)7-14)9-4-2-3-8(12)5-10(9)13;/h8-15,24,29H,16-23H2,1-7H3;3-5,7,11,14-15H,2,6H2,1H3;/q;-1;+1. The topological polar surface area (TPSA) is 121 Å². The van der Waals surface area contributed by atoms with Crippen molar-refractivity contribution in [2.24, 2.45) is 21.8 Å². The maximum Gasteiger partial charge on any atom is 1.00 e. The number of anilines is 3. The number of carbonyl (C=O) groups excluding carboxylic acids is 1. The molecule has 1 fully saturated rings. The first-order valence-corrected chi connectivity index (χ1v) is 19.4. The first-order chi connectivity index (χ1) is 27.0. The number of allylic oxidation sites excluding steroid dienone is 4. The Hall–Kier alpha value is -3.15. The number of nitrogens with zero attached hydrogens (tertiary/aromatic N) is 6. The van der Waals surface area contributed by atoms with Crippen LogP contribution in [0.25, 0.3) is 5.84 Å². The molecule has 0 bridgehead atoms. The van der Waals surface area contributed by atoms with Crippen molar-refractivity contribution in [1.29, 1.82) is 5.41 Å². The van der Waals surface area contributed by atoms with E-state index in [1.807, 2.05) is 17.0 Å². The molecule has 2 aromatic carbocycles. The van der Waals surface area contributed by atoms with E-state index in [2.05, 4.69) is 92.8 Å². The van der Waals surface area contributed by atoms with Crippen LogP contribution >= 0.6 is 0 Å². The van der Waals surface area contributed by atoms with E-state index in [0.29, 0.717) is 32.2 Å². The van der Waals surface area contributed by atoms with Crippen LogP contribution in [0.15, 0.2) is 89.1 Å². The van der Waals surface area contributed by atoms with Gasteiger partial charge in [-0.1, -0.05) is 47.6 Å². The zero-order valence-electron chi connectivity index (χ0n) is 35.8. The first kappa shape index (κ1) is 49.2. The second-order valence-corrected chi connectivity index (χ2v) is 16.4. The van der Waals surface area contributed by atoms with Crippen LogP contribution in [0.4, 0.5) is 25.8 Å². The Morgan fingerprint density at radius 3 is 1.93 bits per heavy atom. The van der Waals surface area contributed by atoms with Gasteiger partial charge < -0.3 is 39.8 Å². The molecule has 0 radical (unpaired) electrons. The fourth-order valence-electron chi connectivity index (χ4n) is 7.33. The second kappa shape index (κ2) is 23.0. The van der Waals surface area contributed by atoms with Crippen LogP contribution in [0.2, 0.25) is 0 Å². The summed E-state index contributed by atoms with van der Waals surface area (Å²) in [5.74, 6) is 7.18. The largest absolute Gasteiger partial charge is 1.00 e. The minimum atomic E-state index is -0.707. The summed E-state index contributed by atoms with van der Waals surface area (Å²) < 4.78 is 42.4. The molecule has 1 atom stereocenters. The quantitative estimate of drug-likeness (QED) is 0.0902. The van der Waals surface area contributed by atoms with E-state index >= 15 is 0 Å².